The fourth-order valence-electron chi connectivity index (χ4n) is 5.07. The Morgan fingerprint density at radius 2 is 1.90 bits per heavy atom. The van der Waals surface area contributed by atoms with Gasteiger partial charge in [0.1, 0.15) is 18.1 Å². The number of methoxy groups -OCH3 is 1. The number of hydrogen-bond acceptors (Lipinski definition) is 6. The number of ether oxygens (including phenoxy) is 1. The van der Waals surface area contributed by atoms with Gasteiger partial charge in [-0.2, -0.15) is 0 Å². The van der Waals surface area contributed by atoms with E-state index < -0.39 is 17.9 Å². The van der Waals surface area contributed by atoms with Crippen LogP contribution >= 0.6 is 0 Å². The first-order valence-corrected chi connectivity index (χ1v) is 13.4. The maximum absolute atomic E-state index is 13.1. The molecule has 0 bridgehead atoms. The Morgan fingerprint density at radius 1 is 1.13 bits per heavy atom. The standard InChI is InChI=1S/C28H29N3O6.C2H6/c1-36-25-14-17(7-10-24(25)32)13-22(28(34)35)30-27(33)18-8-9-23-21(15-18)29-26(19-11-12-37-16-19)31(23)20-5-3-2-4-6-20;1-2/h7-12,14-16,20,22,32H,2-6,13H2,1H3,(H,30,33)(H,34,35);1-2H3. The molecule has 4 aromatic rings. The second-order valence-corrected chi connectivity index (χ2v) is 9.39. The topological polar surface area (TPSA) is 127 Å². The number of aromatic nitrogens is 2. The predicted octanol–water partition coefficient (Wildman–Crippen LogP) is 5.97. The molecule has 1 amide bonds. The summed E-state index contributed by atoms with van der Waals surface area (Å²) in [5, 5.41) is 22.2. The molecule has 0 saturated heterocycles. The lowest BCUT2D eigenvalue weighted by molar-refractivity contribution is -0.139. The number of rotatable bonds is 8. The number of furan rings is 1. The lowest BCUT2D eigenvalue weighted by Gasteiger charge is -2.25. The quantitative estimate of drug-likeness (QED) is 0.255. The van der Waals surface area contributed by atoms with Crippen molar-refractivity contribution in [2.45, 2.75) is 64.5 Å². The van der Waals surface area contributed by atoms with Crippen LogP contribution in [0.5, 0.6) is 11.5 Å². The minimum Gasteiger partial charge on any atom is -0.504 e. The zero-order chi connectivity index (χ0) is 27.9. The summed E-state index contributed by atoms with van der Waals surface area (Å²) in [6.45, 7) is 4.00. The van der Waals surface area contributed by atoms with Crippen molar-refractivity contribution in [1.29, 1.82) is 0 Å². The van der Waals surface area contributed by atoms with E-state index in [1.54, 1.807) is 36.8 Å². The molecule has 206 valence electrons. The van der Waals surface area contributed by atoms with Gasteiger partial charge in [-0.1, -0.05) is 39.2 Å². The van der Waals surface area contributed by atoms with E-state index >= 15 is 0 Å². The molecule has 5 rings (SSSR count). The highest BCUT2D eigenvalue weighted by molar-refractivity contribution is 5.99. The van der Waals surface area contributed by atoms with Gasteiger partial charge in [0.15, 0.2) is 11.5 Å². The van der Waals surface area contributed by atoms with Gasteiger partial charge < -0.3 is 29.3 Å². The SMILES string of the molecule is CC.COc1cc(CC(NC(=O)c2ccc3c(c2)nc(-c2ccoc2)n3C2CCCCC2)C(=O)O)ccc1O. The first kappa shape index (κ1) is 27.8. The van der Waals surface area contributed by atoms with Crippen LogP contribution in [0.2, 0.25) is 0 Å². The van der Waals surface area contributed by atoms with E-state index in [0.717, 1.165) is 29.7 Å². The van der Waals surface area contributed by atoms with Crippen molar-refractivity contribution in [3.8, 4) is 22.9 Å². The number of nitrogens with zero attached hydrogens (tertiary/aromatic N) is 2. The summed E-state index contributed by atoms with van der Waals surface area (Å²) in [4.78, 5) is 29.9. The number of phenols is 1. The van der Waals surface area contributed by atoms with Crippen LogP contribution in [0.15, 0.2) is 59.4 Å². The molecule has 2 aromatic heterocycles. The van der Waals surface area contributed by atoms with Crippen molar-refractivity contribution < 1.29 is 29.0 Å². The van der Waals surface area contributed by atoms with Crippen LogP contribution in [0.1, 0.15) is 67.9 Å². The van der Waals surface area contributed by atoms with Gasteiger partial charge >= 0.3 is 5.97 Å². The van der Waals surface area contributed by atoms with Gasteiger partial charge in [-0.05, 0) is 54.8 Å². The molecule has 2 heterocycles. The van der Waals surface area contributed by atoms with Crippen molar-refractivity contribution in [3.63, 3.8) is 0 Å². The Labute approximate surface area is 227 Å². The van der Waals surface area contributed by atoms with E-state index in [1.165, 1.54) is 32.4 Å². The van der Waals surface area contributed by atoms with Gasteiger partial charge in [0.2, 0.25) is 0 Å². The average Bonchev–Trinajstić information content (AvgIpc) is 3.63. The molecule has 9 heteroatoms. The second-order valence-electron chi connectivity index (χ2n) is 9.39. The van der Waals surface area contributed by atoms with Gasteiger partial charge in [0, 0.05) is 18.0 Å². The van der Waals surface area contributed by atoms with Crippen molar-refractivity contribution in [2.24, 2.45) is 0 Å². The van der Waals surface area contributed by atoms with E-state index in [4.69, 9.17) is 14.1 Å². The van der Waals surface area contributed by atoms with E-state index in [9.17, 15) is 19.8 Å². The Morgan fingerprint density at radius 3 is 2.56 bits per heavy atom. The number of phenolic OH excluding ortho intramolecular Hbond substituents is 1. The van der Waals surface area contributed by atoms with Crippen LogP contribution in [-0.4, -0.2) is 44.8 Å². The van der Waals surface area contributed by atoms with Crippen molar-refractivity contribution >= 4 is 22.9 Å². The molecular formula is C30H35N3O6. The minimum atomic E-state index is -1.17. The van der Waals surface area contributed by atoms with E-state index in [1.807, 2.05) is 26.0 Å². The van der Waals surface area contributed by atoms with E-state index in [0.29, 0.717) is 22.7 Å². The Balaban J connectivity index is 0.00000172. The highest BCUT2D eigenvalue weighted by Gasteiger charge is 2.25. The second kappa shape index (κ2) is 12.5. The van der Waals surface area contributed by atoms with Crippen LogP contribution in [-0.2, 0) is 11.2 Å². The molecule has 0 spiro atoms. The number of nitrogens with one attached hydrogen (secondary N) is 1. The summed E-state index contributed by atoms with van der Waals surface area (Å²) in [6.07, 6.45) is 9.02. The highest BCUT2D eigenvalue weighted by Crippen LogP contribution is 2.36. The van der Waals surface area contributed by atoms with Crippen molar-refractivity contribution in [1.82, 2.24) is 14.9 Å². The number of hydrogen-bond donors (Lipinski definition) is 3. The molecule has 0 aliphatic heterocycles. The van der Waals surface area contributed by atoms with Crippen LogP contribution < -0.4 is 10.1 Å². The molecule has 9 nitrogen and oxygen atoms in total. The Kier molecular flexibility index (Phi) is 8.91. The lowest BCUT2D eigenvalue weighted by Crippen LogP contribution is -2.42. The van der Waals surface area contributed by atoms with Gasteiger partial charge in [-0.25, -0.2) is 9.78 Å². The number of fused-ring (bicyclic) bond motifs is 1. The third-order valence-corrected chi connectivity index (χ3v) is 6.96. The Hall–Kier alpha value is -4.27. The molecule has 3 N–H and O–H groups in total. The minimum absolute atomic E-state index is 0.0287. The summed E-state index contributed by atoms with van der Waals surface area (Å²) < 4.78 is 12.7. The average molecular weight is 534 g/mol. The number of carbonyl (C=O) groups excluding carboxylic acids is 1. The fourth-order valence-corrected chi connectivity index (χ4v) is 5.07. The lowest BCUT2D eigenvalue weighted by atomic mass is 9.95. The molecule has 1 saturated carbocycles. The normalized spacial score (nSPS) is 14.3. The van der Waals surface area contributed by atoms with Gasteiger partial charge in [0.05, 0.1) is 30.0 Å². The molecule has 0 radical (unpaired) electrons. The summed E-state index contributed by atoms with van der Waals surface area (Å²) in [7, 11) is 1.42. The van der Waals surface area contributed by atoms with Crippen LogP contribution in [0.25, 0.3) is 22.4 Å². The first-order chi connectivity index (χ1) is 18.9. The molecule has 1 fully saturated rings. The number of aliphatic carboxylic acids is 1. The number of imidazole rings is 1. The maximum atomic E-state index is 13.1. The summed E-state index contributed by atoms with van der Waals surface area (Å²) >= 11 is 0. The molecule has 1 unspecified atom stereocenters. The van der Waals surface area contributed by atoms with Gasteiger partial charge in [-0.15, -0.1) is 0 Å². The number of carboxylic acids is 1. The summed E-state index contributed by atoms with van der Waals surface area (Å²) in [5.41, 5.74) is 3.42. The van der Waals surface area contributed by atoms with Crippen molar-refractivity contribution in [3.05, 3.63) is 66.1 Å². The molecule has 39 heavy (non-hydrogen) atoms. The fraction of sp³-hybridized carbons (Fsp3) is 0.367. The zero-order valence-corrected chi connectivity index (χ0v) is 22.5. The number of carbonyl (C=O) groups is 2. The summed E-state index contributed by atoms with van der Waals surface area (Å²) in [6, 6.07) is 10.9. The smallest absolute Gasteiger partial charge is 0.326 e. The van der Waals surface area contributed by atoms with Crippen molar-refractivity contribution in [2.75, 3.05) is 7.11 Å². The first-order valence-electron chi connectivity index (χ1n) is 13.4. The molecule has 1 aliphatic rings. The number of aromatic hydroxyl groups is 1. The third-order valence-electron chi connectivity index (χ3n) is 6.96. The van der Waals surface area contributed by atoms with E-state index in [2.05, 4.69) is 9.88 Å². The predicted molar refractivity (Wildman–Crippen MR) is 148 cm³/mol. The van der Waals surface area contributed by atoms with E-state index in [-0.39, 0.29) is 17.9 Å². The molecule has 2 aromatic carbocycles. The molecule has 1 atom stereocenters. The monoisotopic (exact) mass is 533 g/mol. The zero-order valence-electron chi connectivity index (χ0n) is 22.5. The molecular weight excluding hydrogens is 498 g/mol. The number of carboxylic acid groups (broad SMARTS) is 1. The van der Waals surface area contributed by atoms with Gasteiger partial charge in [0.25, 0.3) is 5.91 Å². The van der Waals surface area contributed by atoms with Crippen LogP contribution in [0.3, 0.4) is 0 Å². The number of benzene rings is 2. The highest BCUT2D eigenvalue weighted by atomic mass is 16.5. The van der Waals surface area contributed by atoms with Gasteiger partial charge in [-0.3, -0.25) is 4.79 Å². The molecule has 1 aliphatic carbocycles. The van der Waals surface area contributed by atoms with Crippen LogP contribution in [0.4, 0.5) is 0 Å². The third kappa shape index (κ3) is 6.08. The summed E-state index contributed by atoms with van der Waals surface area (Å²) in [5.74, 6) is -0.668. The largest absolute Gasteiger partial charge is 0.504 e. The van der Waals surface area contributed by atoms with Crippen LogP contribution in [0, 0.1) is 0 Å². The number of amides is 1. The maximum Gasteiger partial charge on any atom is 0.326 e. The Bertz CT molecular complexity index is 1420.